The molecular weight excluding hydrogens is 248 g/mol. The van der Waals surface area contributed by atoms with Crippen molar-refractivity contribution in [1.29, 1.82) is 0 Å². The number of carbonyl (C=O) groups is 2. The summed E-state index contributed by atoms with van der Waals surface area (Å²) in [5.41, 5.74) is -0.317. The number of amides is 2. The van der Waals surface area contributed by atoms with Gasteiger partial charge < -0.3 is 15.3 Å². The zero-order valence-electron chi connectivity index (χ0n) is 11.0. The fourth-order valence-corrected chi connectivity index (χ4v) is 2.02. The minimum Gasteiger partial charge on any atom is -0.480 e. The van der Waals surface area contributed by atoms with Gasteiger partial charge in [-0.2, -0.15) is 5.10 Å². The van der Waals surface area contributed by atoms with Gasteiger partial charge in [-0.3, -0.25) is 5.10 Å². The maximum atomic E-state index is 12.0. The fraction of sp³-hybridized carbons (Fsp3) is 0.583. The van der Waals surface area contributed by atoms with Crippen LogP contribution in [0.1, 0.15) is 25.3 Å². The number of hydrogen-bond donors (Lipinski definition) is 3. The van der Waals surface area contributed by atoms with Crippen LogP contribution in [-0.4, -0.2) is 44.8 Å². The first-order chi connectivity index (χ1) is 8.93. The highest BCUT2D eigenvalue weighted by atomic mass is 16.4. The minimum atomic E-state index is -1.18. The van der Waals surface area contributed by atoms with Crippen molar-refractivity contribution < 1.29 is 14.7 Å². The number of carbonyl (C=O) groups excluding carboxylic acids is 1. The molecule has 1 heterocycles. The van der Waals surface area contributed by atoms with Gasteiger partial charge in [0.25, 0.3) is 0 Å². The Kier molecular flexibility index (Phi) is 3.46. The number of rotatable bonds is 5. The number of urea groups is 1. The summed E-state index contributed by atoms with van der Waals surface area (Å²) >= 11 is 0. The molecule has 1 atom stereocenters. The number of H-pyrrole nitrogens is 1. The van der Waals surface area contributed by atoms with Gasteiger partial charge in [0.05, 0.1) is 12.7 Å². The maximum Gasteiger partial charge on any atom is 0.329 e. The van der Waals surface area contributed by atoms with E-state index in [1.165, 1.54) is 4.90 Å². The van der Waals surface area contributed by atoms with Crippen molar-refractivity contribution in [1.82, 2.24) is 20.4 Å². The summed E-state index contributed by atoms with van der Waals surface area (Å²) in [7, 11) is 1.62. The Morgan fingerprint density at radius 3 is 2.79 bits per heavy atom. The van der Waals surface area contributed by atoms with Crippen LogP contribution in [0.4, 0.5) is 4.79 Å². The standard InChI is InChI=1S/C12H18N4O3/c1-12(10(17)18,9-3-4-9)15-11(19)16(2)7-8-5-13-14-6-8/h5-6,9H,3-4,7H2,1-2H3,(H,13,14)(H,15,19)(H,17,18). The maximum absolute atomic E-state index is 12.0. The van der Waals surface area contributed by atoms with Crippen molar-refractivity contribution >= 4 is 12.0 Å². The van der Waals surface area contributed by atoms with Gasteiger partial charge in [-0.25, -0.2) is 9.59 Å². The van der Waals surface area contributed by atoms with Crippen molar-refractivity contribution in [2.75, 3.05) is 7.05 Å². The molecule has 1 aliphatic carbocycles. The summed E-state index contributed by atoms with van der Waals surface area (Å²) in [5, 5.41) is 18.4. The van der Waals surface area contributed by atoms with Crippen molar-refractivity contribution in [3.8, 4) is 0 Å². The summed E-state index contributed by atoms with van der Waals surface area (Å²) < 4.78 is 0. The van der Waals surface area contributed by atoms with Crippen LogP contribution in [0.15, 0.2) is 12.4 Å². The van der Waals surface area contributed by atoms with Crippen molar-refractivity contribution in [3.63, 3.8) is 0 Å². The lowest BCUT2D eigenvalue weighted by atomic mass is 9.96. The van der Waals surface area contributed by atoms with Crippen molar-refractivity contribution in [2.45, 2.75) is 31.8 Å². The minimum absolute atomic E-state index is 0.0243. The number of aromatic amines is 1. The molecule has 7 heteroatoms. The van der Waals surface area contributed by atoms with E-state index in [0.29, 0.717) is 6.54 Å². The van der Waals surface area contributed by atoms with Crippen molar-refractivity contribution in [2.24, 2.45) is 5.92 Å². The van der Waals surface area contributed by atoms with Gasteiger partial charge in [0, 0.05) is 18.8 Å². The summed E-state index contributed by atoms with van der Waals surface area (Å²) in [6.45, 7) is 1.94. The lowest BCUT2D eigenvalue weighted by Crippen LogP contribution is -2.56. The van der Waals surface area contributed by atoms with E-state index in [2.05, 4.69) is 15.5 Å². The third-order valence-electron chi connectivity index (χ3n) is 3.53. The molecule has 2 rings (SSSR count). The van der Waals surface area contributed by atoms with E-state index < -0.39 is 17.5 Å². The van der Waals surface area contributed by atoms with E-state index in [1.807, 2.05) is 0 Å². The molecule has 1 unspecified atom stereocenters. The second-order valence-corrected chi connectivity index (χ2v) is 5.17. The average Bonchev–Trinajstić information content (AvgIpc) is 3.09. The van der Waals surface area contributed by atoms with Crippen LogP contribution in [0.2, 0.25) is 0 Å². The normalized spacial score (nSPS) is 17.6. The highest BCUT2D eigenvalue weighted by Gasteiger charge is 2.48. The quantitative estimate of drug-likeness (QED) is 0.734. The van der Waals surface area contributed by atoms with Gasteiger partial charge in [0.2, 0.25) is 0 Å². The Morgan fingerprint density at radius 2 is 2.32 bits per heavy atom. The summed E-state index contributed by atoms with van der Waals surface area (Å²) in [6.07, 6.45) is 5.01. The number of carboxylic acid groups (broad SMARTS) is 1. The highest BCUT2D eigenvalue weighted by Crippen LogP contribution is 2.39. The van der Waals surface area contributed by atoms with E-state index in [9.17, 15) is 14.7 Å². The molecule has 0 bridgehead atoms. The number of nitrogens with zero attached hydrogens (tertiary/aromatic N) is 2. The molecule has 7 nitrogen and oxygen atoms in total. The Morgan fingerprint density at radius 1 is 1.63 bits per heavy atom. The molecule has 1 fully saturated rings. The lowest BCUT2D eigenvalue weighted by molar-refractivity contribution is -0.144. The first-order valence-electron chi connectivity index (χ1n) is 6.18. The molecule has 2 amide bonds. The van der Waals surface area contributed by atoms with Crippen LogP contribution in [0, 0.1) is 5.92 Å². The molecule has 0 aromatic carbocycles. The van der Waals surface area contributed by atoms with E-state index >= 15 is 0 Å². The highest BCUT2D eigenvalue weighted by molar-refractivity contribution is 5.86. The van der Waals surface area contributed by atoms with Crippen LogP contribution in [-0.2, 0) is 11.3 Å². The largest absolute Gasteiger partial charge is 0.480 e. The molecular formula is C12H18N4O3. The smallest absolute Gasteiger partial charge is 0.329 e. The number of hydrogen-bond acceptors (Lipinski definition) is 3. The first-order valence-corrected chi connectivity index (χ1v) is 6.18. The second kappa shape index (κ2) is 4.91. The third kappa shape index (κ3) is 2.86. The molecule has 0 aliphatic heterocycles. The first kappa shape index (κ1) is 13.4. The van der Waals surface area contributed by atoms with Gasteiger partial charge in [0.1, 0.15) is 5.54 Å². The average molecular weight is 266 g/mol. The second-order valence-electron chi connectivity index (χ2n) is 5.17. The monoisotopic (exact) mass is 266 g/mol. The summed E-state index contributed by atoms with van der Waals surface area (Å²) in [5.74, 6) is -0.962. The zero-order chi connectivity index (χ0) is 14.0. The molecule has 104 valence electrons. The number of carboxylic acids is 1. The van der Waals surface area contributed by atoms with Crippen LogP contribution in [0.25, 0.3) is 0 Å². The molecule has 0 spiro atoms. The predicted octanol–water partition coefficient (Wildman–Crippen LogP) is 0.804. The molecule has 1 aliphatic rings. The van der Waals surface area contributed by atoms with Gasteiger partial charge in [-0.1, -0.05) is 0 Å². The molecule has 0 saturated heterocycles. The van der Waals surface area contributed by atoms with Crippen molar-refractivity contribution in [3.05, 3.63) is 18.0 Å². The van der Waals surface area contributed by atoms with E-state index in [-0.39, 0.29) is 5.92 Å². The fourth-order valence-electron chi connectivity index (χ4n) is 2.02. The third-order valence-corrected chi connectivity index (χ3v) is 3.53. The zero-order valence-corrected chi connectivity index (χ0v) is 11.0. The SMILES string of the molecule is CN(Cc1cn[nH]c1)C(=O)NC(C)(C(=O)O)C1CC1. The summed E-state index contributed by atoms with van der Waals surface area (Å²) in [4.78, 5) is 24.8. The van der Waals surface area contributed by atoms with Gasteiger partial charge >= 0.3 is 12.0 Å². The van der Waals surface area contributed by atoms with E-state index in [1.54, 1.807) is 26.4 Å². The Bertz CT molecular complexity index is 469. The Hall–Kier alpha value is -2.05. The van der Waals surface area contributed by atoms with E-state index in [0.717, 1.165) is 18.4 Å². The number of aliphatic carboxylic acids is 1. The Labute approximate surface area is 111 Å². The van der Waals surface area contributed by atoms with Crippen LogP contribution in [0.5, 0.6) is 0 Å². The molecule has 3 N–H and O–H groups in total. The molecule has 19 heavy (non-hydrogen) atoms. The summed E-state index contributed by atoms with van der Waals surface area (Å²) in [6, 6.07) is -0.391. The molecule has 1 saturated carbocycles. The van der Waals surface area contributed by atoms with Crippen LogP contribution in [0.3, 0.4) is 0 Å². The molecule has 1 aromatic rings. The van der Waals surface area contributed by atoms with Gasteiger partial charge in [-0.05, 0) is 25.7 Å². The van der Waals surface area contributed by atoms with E-state index in [4.69, 9.17) is 0 Å². The molecule has 0 radical (unpaired) electrons. The number of nitrogens with one attached hydrogen (secondary N) is 2. The Balaban J connectivity index is 1.97. The van der Waals surface area contributed by atoms with Gasteiger partial charge in [0.15, 0.2) is 0 Å². The number of aromatic nitrogens is 2. The van der Waals surface area contributed by atoms with Gasteiger partial charge in [-0.15, -0.1) is 0 Å². The lowest BCUT2D eigenvalue weighted by Gasteiger charge is -2.29. The van der Waals surface area contributed by atoms with Crippen LogP contribution < -0.4 is 5.32 Å². The topological polar surface area (TPSA) is 98.3 Å². The molecule has 1 aromatic heterocycles. The predicted molar refractivity (Wildman–Crippen MR) is 67.4 cm³/mol. The van der Waals surface area contributed by atoms with Crippen LogP contribution >= 0.6 is 0 Å².